The van der Waals surface area contributed by atoms with Gasteiger partial charge in [-0.2, -0.15) is 0 Å². The van der Waals surface area contributed by atoms with E-state index in [-0.39, 0.29) is 24.8 Å². The zero-order valence-corrected chi connectivity index (χ0v) is 14.8. The zero-order chi connectivity index (χ0) is 19.1. The molecule has 1 fully saturated rings. The molecule has 0 saturated carbocycles. The molecule has 1 N–H and O–H groups in total. The van der Waals surface area contributed by atoms with Crippen LogP contribution in [0.25, 0.3) is 0 Å². The van der Waals surface area contributed by atoms with Crippen LogP contribution in [-0.2, 0) is 9.47 Å². The minimum Gasteiger partial charge on any atom is -0.465 e. The summed E-state index contributed by atoms with van der Waals surface area (Å²) in [6.07, 6.45) is 2.87. The summed E-state index contributed by atoms with van der Waals surface area (Å²) < 4.78 is 15.9. The molecule has 0 radical (unpaired) electrons. The predicted octanol–water partition coefficient (Wildman–Crippen LogP) is 1.57. The van der Waals surface area contributed by atoms with Crippen LogP contribution in [0.3, 0.4) is 0 Å². The Labute approximate surface area is 156 Å². The minimum atomic E-state index is -0.512. The van der Waals surface area contributed by atoms with Crippen LogP contribution in [0.15, 0.2) is 42.7 Å². The first-order chi connectivity index (χ1) is 13.2. The van der Waals surface area contributed by atoms with Gasteiger partial charge in [0.1, 0.15) is 12.7 Å². The second-order valence-electron chi connectivity index (χ2n) is 5.75. The molecule has 1 aromatic carbocycles. The summed E-state index contributed by atoms with van der Waals surface area (Å²) in [5, 5.41) is 2.75. The van der Waals surface area contributed by atoms with Crippen LogP contribution in [0.1, 0.15) is 10.4 Å². The number of carbonyl (C=O) groups excluding carboxylic acids is 2. The molecule has 1 atom stereocenters. The topological polar surface area (TPSA) is 103 Å². The van der Waals surface area contributed by atoms with E-state index < -0.39 is 5.97 Å². The Morgan fingerprint density at radius 2 is 2.04 bits per heavy atom. The third-order valence-corrected chi connectivity index (χ3v) is 3.94. The van der Waals surface area contributed by atoms with Crippen LogP contribution in [0.2, 0.25) is 0 Å². The molecule has 0 bridgehead atoms. The van der Waals surface area contributed by atoms with E-state index in [2.05, 4.69) is 15.3 Å². The fourth-order valence-electron chi connectivity index (χ4n) is 2.61. The fourth-order valence-corrected chi connectivity index (χ4v) is 2.61. The Kier molecular flexibility index (Phi) is 6.16. The molecular weight excluding hydrogens is 352 g/mol. The first kappa shape index (κ1) is 18.6. The summed E-state index contributed by atoms with van der Waals surface area (Å²) in [6, 6.07) is 8.32. The number of anilines is 1. The highest BCUT2D eigenvalue weighted by molar-refractivity contribution is 6.00. The molecule has 1 unspecified atom stereocenters. The number of para-hydroxylation sites is 1. The van der Waals surface area contributed by atoms with Crippen molar-refractivity contribution in [3.8, 4) is 6.01 Å². The lowest BCUT2D eigenvalue weighted by atomic mass is 10.2. The molecule has 1 aliphatic heterocycles. The standard InChI is InChI=1S/C18H20N4O5/c1-25-16(23)14-5-2-3-6-15(14)21-18(24)22-9-10-26-13(11-22)12-27-17-19-7-4-8-20-17/h2-8,13H,9-12H2,1H3,(H,21,24). The van der Waals surface area contributed by atoms with Crippen LogP contribution in [0, 0.1) is 0 Å². The molecular formula is C18H20N4O5. The predicted molar refractivity (Wildman–Crippen MR) is 95.6 cm³/mol. The van der Waals surface area contributed by atoms with Gasteiger partial charge in [0.15, 0.2) is 0 Å². The normalized spacial score (nSPS) is 16.5. The van der Waals surface area contributed by atoms with E-state index >= 15 is 0 Å². The Bertz CT molecular complexity index is 786. The average Bonchev–Trinajstić information content (AvgIpc) is 2.73. The maximum Gasteiger partial charge on any atom is 0.339 e. The van der Waals surface area contributed by atoms with Crippen molar-refractivity contribution in [1.29, 1.82) is 0 Å². The van der Waals surface area contributed by atoms with Gasteiger partial charge < -0.3 is 24.4 Å². The SMILES string of the molecule is COC(=O)c1ccccc1NC(=O)N1CCOC(COc2ncccn2)C1. The van der Waals surface area contributed by atoms with Gasteiger partial charge in [-0.3, -0.25) is 0 Å². The molecule has 0 aliphatic carbocycles. The van der Waals surface area contributed by atoms with Crippen molar-refractivity contribution in [2.45, 2.75) is 6.10 Å². The van der Waals surface area contributed by atoms with Crippen molar-refractivity contribution in [2.24, 2.45) is 0 Å². The summed E-state index contributed by atoms with van der Waals surface area (Å²) >= 11 is 0. The van der Waals surface area contributed by atoms with Crippen LogP contribution >= 0.6 is 0 Å². The zero-order valence-electron chi connectivity index (χ0n) is 14.8. The van der Waals surface area contributed by atoms with Crippen LogP contribution in [-0.4, -0.2) is 66.4 Å². The van der Waals surface area contributed by atoms with Gasteiger partial charge in [0.05, 0.1) is 31.5 Å². The van der Waals surface area contributed by atoms with E-state index in [9.17, 15) is 9.59 Å². The molecule has 1 aliphatic rings. The average molecular weight is 372 g/mol. The Hall–Kier alpha value is -3.20. The van der Waals surface area contributed by atoms with E-state index in [0.717, 1.165) is 0 Å². The molecule has 3 rings (SSSR count). The number of hydrogen-bond acceptors (Lipinski definition) is 7. The van der Waals surface area contributed by atoms with Gasteiger partial charge >= 0.3 is 18.0 Å². The first-order valence-electron chi connectivity index (χ1n) is 8.42. The number of nitrogens with one attached hydrogen (secondary N) is 1. The Balaban J connectivity index is 1.58. The number of carbonyl (C=O) groups is 2. The van der Waals surface area contributed by atoms with Gasteiger partial charge in [-0.05, 0) is 18.2 Å². The molecule has 0 spiro atoms. The number of rotatable bonds is 5. The lowest BCUT2D eigenvalue weighted by Crippen LogP contribution is -2.49. The van der Waals surface area contributed by atoms with E-state index in [1.807, 2.05) is 0 Å². The Morgan fingerprint density at radius 1 is 1.26 bits per heavy atom. The number of hydrogen-bond donors (Lipinski definition) is 1. The largest absolute Gasteiger partial charge is 0.465 e. The number of ether oxygens (including phenoxy) is 3. The lowest BCUT2D eigenvalue weighted by Gasteiger charge is -2.32. The number of methoxy groups -OCH3 is 1. The number of nitrogens with zero attached hydrogens (tertiary/aromatic N) is 3. The number of benzene rings is 1. The van der Waals surface area contributed by atoms with Crippen molar-refractivity contribution in [3.63, 3.8) is 0 Å². The van der Waals surface area contributed by atoms with E-state index in [4.69, 9.17) is 14.2 Å². The van der Waals surface area contributed by atoms with Crippen LogP contribution in [0.4, 0.5) is 10.5 Å². The van der Waals surface area contributed by atoms with E-state index in [1.165, 1.54) is 7.11 Å². The Morgan fingerprint density at radius 3 is 2.81 bits per heavy atom. The van der Waals surface area contributed by atoms with Gasteiger partial charge in [-0.1, -0.05) is 12.1 Å². The van der Waals surface area contributed by atoms with E-state index in [1.54, 1.807) is 47.6 Å². The molecule has 27 heavy (non-hydrogen) atoms. The number of urea groups is 1. The molecule has 9 nitrogen and oxygen atoms in total. The molecule has 2 amide bonds. The van der Waals surface area contributed by atoms with Gasteiger partial charge in [0.25, 0.3) is 0 Å². The maximum absolute atomic E-state index is 12.6. The van der Waals surface area contributed by atoms with E-state index in [0.29, 0.717) is 30.9 Å². The fraction of sp³-hybridized carbons (Fsp3) is 0.333. The highest BCUT2D eigenvalue weighted by Crippen LogP contribution is 2.17. The highest BCUT2D eigenvalue weighted by Gasteiger charge is 2.26. The van der Waals surface area contributed by atoms with Gasteiger partial charge in [0, 0.05) is 18.9 Å². The summed E-state index contributed by atoms with van der Waals surface area (Å²) in [5.41, 5.74) is 0.689. The quantitative estimate of drug-likeness (QED) is 0.795. The van der Waals surface area contributed by atoms with Crippen molar-refractivity contribution >= 4 is 17.7 Å². The summed E-state index contributed by atoms with van der Waals surface area (Å²) in [6.45, 7) is 1.39. The smallest absolute Gasteiger partial charge is 0.339 e. The summed E-state index contributed by atoms with van der Waals surface area (Å²) in [5.74, 6) is -0.512. The minimum absolute atomic E-state index is 0.229. The molecule has 9 heteroatoms. The third-order valence-electron chi connectivity index (χ3n) is 3.94. The van der Waals surface area contributed by atoms with Crippen molar-refractivity contribution in [2.75, 3.05) is 38.7 Å². The monoisotopic (exact) mass is 372 g/mol. The first-order valence-corrected chi connectivity index (χ1v) is 8.42. The maximum atomic E-state index is 12.6. The molecule has 2 heterocycles. The van der Waals surface area contributed by atoms with Crippen molar-refractivity contribution < 1.29 is 23.8 Å². The second kappa shape index (κ2) is 8.95. The van der Waals surface area contributed by atoms with Gasteiger partial charge in [0.2, 0.25) is 0 Å². The second-order valence-corrected chi connectivity index (χ2v) is 5.75. The summed E-state index contributed by atoms with van der Waals surface area (Å²) in [7, 11) is 1.30. The molecule has 2 aromatic rings. The molecule has 142 valence electrons. The third kappa shape index (κ3) is 4.91. The van der Waals surface area contributed by atoms with Crippen LogP contribution in [0.5, 0.6) is 6.01 Å². The van der Waals surface area contributed by atoms with Gasteiger partial charge in [-0.25, -0.2) is 19.6 Å². The highest BCUT2D eigenvalue weighted by atomic mass is 16.5. The van der Waals surface area contributed by atoms with Crippen LogP contribution < -0.4 is 10.1 Å². The number of amides is 2. The van der Waals surface area contributed by atoms with Crippen molar-refractivity contribution in [1.82, 2.24) is 14.9 Å². The number of morpholine rings is 1. The molecule has 1 saturated heterocycles. The van der Waals surface area contributed by atoms with Gasteiger partial charge in [-0.15, -0.1) is 0 Å². The number of esters is 1. The summed E-state index contributed by atoms with van der Waals surface area (Å²) in [4.78, 5) is 34.0. The van der Waals surface area contributed by atoms with Crippen molar-refractivity contribution in [3.05, 3.63) is 48.3 Å². The number of aromatic nitrogens is 2. The molecule has 1 aromatic heterocycles. The lowest BCUT2D eigenvalue weighted by molar-refractivity contribution is -0.0351.